The summed E-state index contributed by atoms with van der Waals surface area (Å²) in [7, 11) is 0. The molecular formula is C18H17FN2O3. The third kappa shape index (κ3) is 2.25. The average molecular weight is 328 g/mol. The molecule has 6 heteroatoms. The minimum atomic E-state index is -0.458. The molecule has 4 rings (SSSR count). The Hall–Kier alpha value is -2.50. The first-order chi connectivity index (χ1) is 11.6. The van der Waals surface area contributed by atoms with Crippen molar-refractivity contribution < 1.29 is 18.8 Å². The molecule has 1 N–H and O–H groups in total. The van der Waals surface area contributed by atoms with Gasteiger partial charge in [0, 0.05) is 12.1 Å². The predicted molar refractivity (Wildman–Crippen MR) is 82.7 cm³/mol. The Balaban J connectivity index is 1.39. The topological polar surface area (TPSA) is 66.5 Å². The zero-order valence-electron chi connectivity index (χ0n) is 12.9. The second-order valence-corrected chi connectivity index (χ2v) is 6.63. The fourth-order valence-corrected chi connectivity index (χ4v) is 4.15. The Morgan fingerprint density at radius 2 is 1.75 bits per heavy atom. The van der Waals surface area contributed by atoms with Crippen molar-refractivity contribution in [2.75, 3.05) is 6.54 Å². The van der Waals surface area contributed by atoms with Gasteiger partial charge in [0.1, 0.15) is 12.4 Å². The molecule has 0 aromatic heterocycles. The van der Waals surface area contributed by atoms with Gasteiger partial charge in [0.25, 0.3) is 0 Å². The van der Waals surface area contributed by atoms with Gasteiger partial charge >= 0.3 is 0 Å². The van der Waals surface area contributed by atoms with Crippen LogP contribution < -0.4 is 5.32 Å². The molecule has 1 aromatic rings. The van der Waals surface area contributed by atoms with Crippen molar-refractivity contribution in [1.82, 2.24) is 10.2 Å². The number of carbonyl (C=O) groups excluding carboxylic acids is 3. The van der Waals surface area contributed by atoms with E-state index in [0.29, 0.717) is 5.56 Å². The van der Waals surface area contributed by atoms with Crippen LogP contribution in [0.1, 0.15) is 12.0 Å². The second-order valence-electron chi connectivity index (χ2n) is 6.63. The van der Waals surface area contributed by atoms with Crippen molar-refractivity contribution >= 4 is 17.7 Å². The molecule has 1 aliphatic heterocycles. The van der Waals surface area contributed by atoms with Gasteiger partial charge < -0.3 is 5.32 Å². The van der Waals surface area contributed by atoms with E-state index in [9.17, 15) is 18.8 Å². The maximum Gasteiger partial charge on any atom is 0.240 e. The summed E-state index contributed by atoms with van der Waals surface area (Å²) >= 11 is 0. The number of likely N-dealkylation sites (tertiary alicyclic amines) is 1. The summed E-state index contributed by atoms with van der Waals surface area (Å²) in [6, 6.07) is 6.15. The lowest BCUT2D eigenvalue weighted by Crippen LogP contribution is -2.41. The van der Waals surface area contributed by atoms with Crippen molar-refractivity contribution in [2.45, 2.75) is 13.0 Å². The summed E-state index contributed by atoms with van der Waals surface area (Å²) in [5.41, 5.74) is 0.365. The lowest BCUT2D eigenvalue weighted by Gasteiger charge is -2.16. The molecule has 0 radical (unpaired) electrons. The van der Waals surface area contributed by atoms with Gasteiger partial charge in [-0.05, 0) is 24.3 Å². The molecule has 0 spiro atoms. The number of nitrogens with zero attached hydrogens (tertiary/aromatic N) is 1. The van der Waals surface area contributed by atoms with Gasteiger partial charge in [0.05, 0.1) is 11.8 Å². The van der Waals surface area contributed by atoms with E-state index < -0.39 is 11.7 Å². The molecule has 24 heavy (non-hydrogen) atoms. The largest absolute Gasteiger partial charge is 0.350 e. The first-order valence-electron chi connectivity index (χ1n) is 8.10. The van der Waals surface area contributed by atoms with Crippen LogP contribution in [0.15, 0.2) is 36.4 Å². The van der Waals surface area contributed by atoms with E-state index in [2.05, 4.69) is 5.32 Å². The minimum Gasteiger partial charge on any atom is -0.350 e. The number of nitrogens with one attached hydrogen (secondary N) is 1. The van der Waals surface area contributed by atoms with Crippen LogP contribution in [0.2, 0.25) is 0 Å². The maximum atomic E-state index is 13.5. The zero-order valence-corrected chi connectivity index (χ0v) is 12.9. The van der Waals surface area contributed by atoms with E-state index in [-0.39, 0.29) is 48.6 Å². The van der Waals surface area contributed by atoms with Crippen LogP contribution in [-0.4, -0.2) is 29.2 Å². The number of hydrogen-bond acceptors (Lipinski definition) is 3. The molecule has 4 atom stereocenters. The van der Waals surface area contributed by atoms with Crippen molar-refractivity contribution in [3.05, 3.63) is 47.8 Å². The minimum absolute atomic E-state index is 0.0292. The quantitative estimate of drug-likeness (QED) is 0.668. The van der Waals surface area contributed by atoms with E-state index in [0.717, 1.165) is 11.3 Å². The van der Waals surface area contributed by atoms with Crippen LogP contribution in [0.4, 0.5) is 4.39 Å². The van der Waals surface area contributed by atoms with Gasteiger partial charge in [-0.1, -0.05) is 30.4 Å². The van der Waals surface area contributed by atoms with Crippen molar-refractivity contribution in [3.63, 3.8) is 0 Å². The highest BCUT2D eigenvalue weighted by Gasteiger charge is 2.59. The molecule has 2 fully saturated rings. The average Bonchev–Trinajstić information content (AvgIpc) is 3.24. The van der Waals surface area contributed by atoms with E-state index in [1.807, 2.05) is 12.2 Å². The van der Waals surface area contributed by atoms with E-state index >= 15 is 0 Å². The number of amides is 3. The zero-order chi connectivity index (χ0) is 16.8. The van der Waals surface area contributed by atoms with Gasteiger partial charge in [0.15, 0.2) is 0 Å². The maximum absolute atomic E-state index is 13.5. The Morgan fingerprint density at radius 1 is 1.12 bits per heavy atom. The Bertz CT molecular complexity index is 730. The predicted octanol–water partition coefficient (Wildman–Crippen LogP) is 1.25. The molecule has 1 aromatic carbocycles. The molecule has 3 amide bonds. The summed E-state index contributed by atoms with van der Waals surface area (Å²) in [4.78, 5) is 38.1. The second kappa shape index (κ2) is 5.54. The molecule has 1 heterocycles. The first kappa shape index (κ1) is 15.1. The first-order valence-corrected chi connectivity index (χ1v) is 8.10. The van der Waals surface area contributed by atoms with Crippen LogP contribution in [0, 0.1) is 29.5 Å². The lowest BCUT2D eigenvalue weighted by molar-refractivity contribution is -0.144. The number of hydrogen-bond donors (Lipinski definition) is 1. The normalized spacial score (nSPS) is 30.1. The van der Waals surface area contributed by atoms with Crippen LogP contribution in [0.3, 0.4) is 0 Å². The Labute approximate surface area is 138 Å². The third-order valence-electron chi connectivity index (χ3n) is 5.30. The molecule has 1 saturated heterocycles. The fourth-order valence-electron chi connectivity index (χ4n) is 4.15. The lowest BCUT2D eigenvalue weighted by atomic mass is 9.85. The standard InChI is InChI=1S/C18H17FN2O3/c19-13-4-2-1-3-12(13)8-20-14(22)9-21-17(23)15-10-5-6-11(7-10)16(15)18(21)24/h1-6,10-11,15-16H,7-9H2,(H,20,22). The number of benzene rings is 1. The molecular weight excluding hydrogens is 311 g/mol. The fraction of sp³-hybridized carbons (Fsp3) is 0.389. The van der Waals surface area contributed by atoms with E-state index in [1.54, 1.807) is 18.2 Å². The molecule has 2 bridgehead atoms. The Kier molecular flexibility index (Phi) is 3.48. The molecule has 4 unspecified atom stereocenters. The summed E-state index contributed by atoms with van der Waals surface area (Å²) in [6.45, 7) is -0.264. The van der Waals surface area contributed by atoms with Crippen LogP contribution in [0.5, 0.6) is 0 Å². The van der Waals surface area contributed by atoms with Gasteiger partial charge in [-0.2, -0.15) is 0 Å². The highest BCUT2D eigenvalue weighted by molar-refractivity contribution is 6.08. The monoisotopic (exact) mass is 328 g/mol. The van der Waals surface area contributed by atoms with Crippen LogP contribution >= 0.6 is 0 Å². The van der Waals surface area contributed by atoms with E-state index in [4.69, 9.17) is 0 Å². The summed E-state index contributed by atoms with van der Waals surface area (Å²) in [5, 5.41) is 2.57. The van der Waals surface area contributed by atoms with Crippen LogP contribution in [-0.2, 0) is 20.9 Å². The number of carbonyl (C=O) groups is 3. The van der Waals surface area contributed by atoms with Crippen molar-refractivity contribution in [2.24, 2.45) is 23.7 Å². The van der Waals surface area contributed by atoms with Gasteiger partial charge in [-0.25, -0.2) is 4.39 Å². The molecule has 3 aliphatic rings. The highest BCUT2D eigenvalue weighted by atomic mass is 19.1. The molecule has 2 aliphatic carbocycles. The number of halogens is 1. The summed E-state index contributed by atoms with van der Waals surface area (Å²) < 4.78 is 13.5. The molecule has 124 valence electrons. The number of fused-ring (bicyclic) bond motifs is 5. The smallest absolute Gasteiger partial charge is 0.240 e. The SMILES string of the molecule is O=C(CN1C(=O)C2C3C=CC(C3)C2C1=O)NCc1ccccc1F. The summed E-state index contributed by atoms with van der Waals surface area (Å²) in [5.74, 6) is -1.70. The number of rotatable bonds is 4. The highest BCUT2D eigenvalue weighted by Crippen LogP contribution is 2.52. The third-order valence-corrected chi connectivity index (χ3v) is 5.30. The number of imide groups is 1. The Morgan fingerprint density at radius 3 is 2.38 bits per heavy atom. The molecule has 5 nitrogen and oxygen atoms in total. The van der Waals surface area contributed by atoms with E-state index in [1.165, 1.54) is 6.07 Å². The summed E-state index contributed by atoms with van der Waals surface area (Å²) in [6.07, 6.45) is 4.89. The van der Waals surface area contributed by atoms with Crippen LogP contribution in [0.25, 0.3) is 0 Å². The number of allylic oxidation sites excluding steroid dienone is 2. The van der Waals surface area contributed by atoms with Gasteiger partial charge in [-0.15, -0.1) is 0 Å². The van der Waals surface area contributed by atoms with Gasteiger partial charge in [0.2, 0.25) is 17.7 Å². The molecule has 1 saturated carbocycles. The van der Waals surface area contributed by atoms with Gasteiger partial charge in [-0.3, -0.25) is 19.3 Å². The van der Waals surface area contributed by atoms with Crippen molar-refractivity contribution in [1.29, 1.82) is 0 Å². The van der Waals surface area contributed by atoms with Crippen molar-refractivity contribution in [3.8, 4) is 0 Å².